The van der Waals surface area contributed by atoms with Gasteiger partial charge in [0.2, 0.25) is 0 Å². The molecule has 6 heteroatoms. The van der Waals surface area contributed by atoms with Gasteiger partial charge in [-0.15, -0.1) is 0 Å². The Balaban J connectivity index is 3.71. The molecule has 0 saturated carbocycles. The summed E-state index contributed by atoms with van der Waals surface area (Å²) < 4.78 is 9.41. The van der Waals surface area contributed by atoms with Crippen LogP contribution in [-0.2, 0) is 9.47 Å². The fourth-order valence-electron chi connectivity index (χ4n) is 0.901. The van der Waals surface area contributed by atoms with Crippen molar-refractivity contribution in [3.05, 3.63) is 0 Å². The van der Waals surface area contributed by atoms with Crippen LogP contribution >= 0.6 is 0 Å². The lowest BCUT2D eigenvalue weighted by molar-refractivity contribution is 0.102. The van der Waals surface area contributed by atoms with Gasteiger partial charge in [0.15, 0.2) is 0 Å². The predicted molar refractivity (Wildman–Crippen MR) is 48.9 cm³/mol. The van der Waals surface area contributed by atoms with Crippen LogP contribution in [-0.4, -0.2) is 55.9 Å². The molecule has 84 valence electrons. The smallest absolute Gasteiger partial charge is 0.407 e. The Labute approximate surface area is 82.8 Å². The van der Waals surface area contributed by atoms with Crippen molar-refractivity contribution in [3.63, 3.8) is 0 Å². The van der Waals surface area contributed by atoms with Crippen LogP contribution in [0.4, 0.5) is 4.79 Å². The Bertz CT molecular complexity index is 147. The second kappa shape index (κ2) is 8.74. The van der Waals surface area contributed by atoms with E-state index in [1.165, 1.54) is 7.11 Å². The number of nitrogens with one attached hydrogen (secondary N) is 1. The van der Waals surface area contributed by atoms with Crippen molar-refractivity contribution in [2.45, 2.75) is 12.5 Å². The van der Waals surface area contributed by atoms with Gasteiger partial charge < -0.3 is 25.0 Å². The topological polar surface area (TPSA) is 88.0 Å². The van der Waals surface area contributed by atoms with E-state index in [4.69, 9.17) is 14.9 Å². The van der Waals surface area contributed by atoms with Gasteiger partial charge in [-0.3, -0.25) is 0 Å². The number of carbonyl (C=O) groups excluding carboxylic acids is 1. The summed E-state index contributed by atoms with van der Waals surface area (Å²) in [5, 5.41) is 19.5. The standard InChI is InChI=1S/C8H17NO5/c1-13-6-7(2-3-10)9-8(12)14-5-4-11/h7,10-11H,2-6H2,1H3,(H,9,12). The minimum Gasteiger partial charge on any atom is -0.447 e. The molecular formula is C8H17NO5. The molecule has 0 rings (SSSR count). The van der Waals surface area contributed by atoms with Crippen molar-refractivity contribution >= 4 is 6.09 Å². The van der Waals surface area contributed by atoms with Crippen LogP contribution in [0.25, 0.3) is 0 Å². The second-order valence-corrected chi connectivity index (χ2v) is 2.67. The maximum atomic E-state index is 11.0. The van der Waals surface area contributed by atoms with E-state index < -0.39 is 6.09 Å². The first-order valence-corrected chi connectivity index (χ1v) is 4.38. The lowest BCUT2D eigenvalue weighted by Gasteiger charge is -2.16. The molecule has 0 bridgehead atoms. The average Bonchev–Trinajstić information content (AvgIpc) is 2.15. The summed E-state index contributed by atoms with van der Waals surface area (Å²) >= 11 is 0. The molecule has 0 saturated heterocycles. The Morgan fingerprint density at radius 2 is 2.14 bits per heavy atom. The van der Waals surface area contributed by atoms with E-state index in [1.807, 2.05) is 0 Å². The Hall–Kier alpha value is -0.850. The molecular weight excluding hydrogens is 190 g/mol. The Morgan fingerprint density at radius 3 is 2.64 bits per heavy atom. The highest BCUT2D eigenvalue weighted by Crippen LogP contribution is 1.92. The number of alkyl carbamates (subject to hydrolysis) is 1. The summed E-state index contributed by atoms with van der Waals surface area (Å²) in [4.78, 5) is 11.0. The number of aliphatic hydroxyl groups is 2. The van der Waals surface area contributed by atoms with E-state index in [-0.39, 0.29) is 25.9 Å². The third kappa shape index (κ3) is 6.64. The largest absolute Gasteiger partial charge is 0.447 e. The number of ether oxygens (including phenoxy) is 2. The predicted octanol–water partition coefficient (Wildman–Crippen LogP) is -0.898. The van der Waals surface area contributed by atoms with Crippen LogP contribution in [0.5, 0.6) is 0 Å². The summed E-state index contributed by atoms with van der Waals surface area (Å²) in [5.41, 5.74) is 0. The molecule has 0 aliphatic heterocycles. The van der Waals surface area contributed by atoms with Gasteiger partial charge in [0, 0.05) is 13.7 Å². The Morgan fingerprint density at radius 1 is 1.43 bits per heavy atom. The number of amides is 1. The van der Waals surface area contributed by atoms with Crippen LogP contribution in [0, 0.1) is 0 Å². The Kier molecular flexibility index (Phi) is 8.20. The summed E-state index contributed by atoms with van der Waals surface area (Å²) in [6, 6.07) is -0.267. The third-order valence-corrected chi connectivity index (χ3v) is 1.49. The number of methoxy groups -OCH3 is 1. The first-order valence-electron chi connectivity index (χ1n) is 4.38. The van der Waals surface area contributed by atoms with Crippen molar-refractivity contribution in [2.75, 3.05) is 33.5 Å². The zero-order valence-electron chi connectivity index (χ0n) is 8.23. The second-order valence-electron chi connectivity index (χ2n) is 2.67. The van der Waals surface area contributed by atoms with Gasteiger partial charge in [-0.25, -0.2) is 4.79 Å². The van der Waals surface area contributed by atoms with Gasteiger partial charge in [0.1, 0.15) is 6.61 Å². The molecule has 0 fully saturated rings. The summed E-state index contributed by atoms with van der Waals surface area (Å²) in [5.74, 6) is 0. The number of carbonyl (C=O) groups is 1. The molecule has 0 aromatic heterocycles. The van der Waals surface area contributed by atoms with E-state index in [0.717, 1.165) is 0 Å². The average molecular weight is 207 g/mol. The van der Waals surface area contributed by atoms with Crippen LogP contribution in [0.15, 0.2) is 0 Å². The maximum Gasteiger partial charge on any atom is 0.407 e. The van der Waals surface area contributed by atoms with Crippen LogP contribution in [0.3, 0.4) is 0 Å². The van der Waals surface area contributed by atoms with E-state index >= 15 is 0 Å². The first kappa shape index (κ1) is 13.2. The van der Waals surface area contributed by atoms with Gasteiger partial charge >= 0.3 is 6.09 Å². The summed E-state index contributed by atoms with van der Waals surface area (Å²) in [6.45, 7) is 0.0378. The number of rotatable bonds is 7. The van der Waals surface area contributed by atoms with Crippen LogP contribution in [0.2, 0.25) is 0 Å². The molecule has 0 radical (unpaired) electrons. The highest BCUT2D eigenvalue weighted by Gasteiger charge is 2.11. The molecule has 1 unspecified atom stereocenters. The van der Waals surface area contributed by atoms with Gasteiger partial charge in [-0.2, -0.15) is 0 Å². The molecule has 0 aliphatic rings. The quantitative estimate of drug-likeness (QED) is 0.503. The van der Waals surface area contributed by atoms with E-state index in [0.29, 0.717) is 13.0 Å². The first-order chi connectivity index (χ1) is 6.74. The monoisotopic (exact) mass is 207 g/mol. The fraction of sp³-hybridized carbons (Fsp3) is 0.875. The fourth-order valence-corrected chi connectivity index (χ4v) is 0.901. The number of hydrogen-bond acceptors (Lipinski definition) is 5. The van der Waals surface area contributed by atoms with Gasteiger partial charge in [0.25, 0.3) is 0 Å². The third-order valence-electron chi connectivity index (χ3n) is 1.49. The molecule has 0 aromatic carbocycles. The van der Waals surface area contributed by atoms with E-state index in [2.05, 4.69) is 10.1 Å². The van der Waals surface area contributed by atoms with Gasteiger partial charge in [-0.1, -0.05) is 0 Å². The molecule has 1 atom stereocenters. The van der Waals surface area contributed by atoms with Crippen LogP contribution in [0.1, 0.15) is 6.42 Å². The van der Waals surface area contributed by atoms with Crippen molar-refractivity contribution in [1.82, 2.24) is 5.32 Å². The van der Waals surface area contributed by atoms with E-state index in [1.54, 1.807) is 0 Å². The zero-order chi connectivity index (χ0) is 10.8. The maximum absolute atomic E-state index is 11.0. The zero-order valence-corrected chi connectivity index (χ0v) is 8.23. The number of hydrogen-bond donors (Lipinski definition) is 3. The minimum atomic E-state index is -0.616. The lowest BCUT2D eigenvalue weighted by atomic mass is 10.2. The normalized spacial score (nSPS) is 12.2. The van der Waals surface area contributed by atoms with Crippen molar-refractivity contribution in [2.24, 2.45) is 0 Å². The van der Waals surface area contributed by atoms with Gasteiger partial charge in [-0.05, 0) is 6.42 Å². The number of aliphatic hydroxyl groups excluding tert-OH is 2. The van der Waals surface area contributed by atoms with E-state index in [9.17, 15) is 4.79 Å². The highest BCUT2D eigenvalue weighted by atomic mass is 16.6. The lowest BCUT2D eigenvalue weighted by Crippen LogP contribution is -2.39. The molecule has 0 aliphatic carbocycles. The van der Waals surface area contributed by atoms with Crippen molar-refractivity contribution in [3.8, 4) is 0 Å². The minimum absolute atomic E-state index is 0.0334. The van der Waals surface area contributed by atoms with Crippen molar-refractivity contribution in [1.29, 1.82) is 0 Å². The molecule has 0 aromatic rings. The summed E-state index contributed by atoms with van der Waals surface area (Å²) in [6.07, 6.45) is -0.211. The summed E-state index contributed by atoms with van der Waals surface area (Å²) in [7, 11) is 1.51. The molecule has 3 N–H and O–H groups in total. The highest BCUT2D eigenvalue weighted by molar-refractivity contribution is 5.67. The van der Waals surface area contributed by atoms with Crippen molar-refractivity contribution < 1.29 is 24.5 Å². The molecule has 1 amide bonds. The van der Waals surface area contributed by atoms with Crippen LogP contribution < -0.4 is 5.32 Å². The SMILES string of the molecule is COCC(CCO)NC(=O)OCCO. The molecule has 6 nitrogen and oxygen atoms in total. The molecule has 14 heavy (non-hydrogen) atoms. The molecule has 0 spiro atoms. The van der Waals surface area contributed by atoms with Gasteiger partial charge in [0.05, 0.1) is 19.3 Å². The molecule has 0 heterocycles.